The fourth-order valence-electron chi connectivity index (χ4n) is 2.36. The number of piperidine rings is 1. The second kappa shape index (κ2) is 9.34. The maximum Gasteiger partial charge on any atom is 0.233 e. The molecule has 106 valence electrons. The standard InChI is InChI=1S/C14H29N3O/c1-3-5-8-16-14(18)12-15-11-13-6-9-17(4-2)10-7-13/h13,15H,3-12H2,1-2H3,(H,16,18). The van der Waals surface area contributed by atoms with Gasteiger partial charge in [-0.3, -0.25) is 4.79 Å². The Labute approximate surface area is 111 Å². The van der Waals surface area contributed by atoms with Crippen molar-refractivity contribution in [3.05, 3.63) is 0 Å². The average molecular weight is 255 g/mol. The number of rotatable bonds is 8. The van der Waals surface area contributed by atoms with Crippen LogP contribution in [0.4, 0.5) is 0 Å². The van der Waals surface area contributed by atoms with Crippen LogP contribution in [0.1, 0.15) is 39.5 Å². The summed E-state index contributed by atoms with van der Waals surface area (Å²) in [6, 6.07) is 0. The molecule has 1 rings (SSSR count). The molecule has 0 aromatic rings. The molecule has 2 N–H and O–H groups in total. The molecule has 0 radical (unpaired) electrons. The van der Waals surface area contributed by atoms with Crippen molar-refractivity contribution in [2.45, 2.75) is 39.5 Å². The van der Waals surface area contributed by atoms with E-state index in [2.05, 4.69) is 29.4 Å². The number of hydrogen-bond acceptors (Lipinski definition) is 3. The van der Waals surface area contributed by atoms with Crippen molar-refractivity contribution in [1.29, 1.82) is 0 Å². The van der Waals surface area contributed by atoms with E-state index in [9.17, 15) is 4.79 Å². The quantitative estimate of drug-likeness (QED) is 0.641. The van der Waals surface area contributed by atoms with E-state index in [1.54, 1.807) is 0 Å². The summed E-state index contributed by atoms with van der Waals surface area (Å²) in [6.07, 6.45) is 4.72. The first kappa shape index (κ1) is 15.4. The van der Waals surface area contributed by atoms with Gasteiger partial charge in [-0.15, -0.1) is 0 Å². The van der Waals surface area contributed by atoms with E-state index >= 15 is 0 Å². The first-order valence-corrected chi connectivity index (χ1v) is 7.46. The fraction of sp³-hybridized carbons (Fsp3) is 0.929. The van der Waals surface area contributed by atoms with Gasteiger partial charge in [0, 0.05) is 6.54 Å². The van der Waals surface area contributed by atoms with E-state index < -0.39 is 0 Å². The van der Waals surface area contributed by atoms with Gasteiger partial charge in [0.1, 0.15) is 0 Å². The van der Waals surface area contributed by atoms with Gasteiger partial charge >= 0.3 is 0 Å². The Bertz CT molecular complexity index is 225. The van der Waals surface area contributed by atoms with E-state index in [-0.39, 0.29) is 5.91 Å². The summed E-state index contributed by atoms with van der Waals surface area (Å²) < 4.78 is 0. The lowest BCUT2D eigenvalue weighted by atomic mass is 9.97. The molecule has 0 atom stereocenters. The minimum absolute atomic E-state index is 0.134. The second-order valence-corrected chi connectivity index (χ2v) is 5.21. The number of carbonyl (C=O) groups is 1. The minimum Gasteiger partial charge on any atom is -0.355 e. The smallest absolute Gasteiger partial charge is 0.233 e. The normalized spacial score (nSPS) is 17.9. The lowest BCUT2D eigenvalue weighted by Crippen LogP contribution is -2.40. The van der Waals surface area contributed by atoms with Crippen LogP contribution < -0.4 is 10.6 Å². The van der Waals surface area contributed by atoms with Crippen molar-refractivity contribution in [1.82, 2.24) is 15.5 Å². The van der Waals surface area contributed by atoms with Gasteiger partial charge in [0.2, 0.25) is 5.91 Å². The summed E-state index contributed by atoms with van der Waals surface area (Å²) >= 11 is 0. The molecule has 0 saturated carbocycles. The Balaban J connectivity index is 1.99. The molecule has 1 aliphatic heterocycles. The highest BCUT2D eigenvalue weighted by Gasteiger charge is 2.17. The second-order valence-electron chi connectivity index (χ2n) is 5.21. The lowest BCUT2D eigenvalue weighted by molar-refractivity contribution is -0.120. The molecule has 4 nitrogen and oxygen atoms in total. The third-order valence-electron chi connectivity index (χ3n) is 3.73. The van der Waals surface area contributed by atoms with Crippen molar-refractivity contribution in [3.8, 4) is 0 Å². The van der Waals surface area contributed by atoms with Crippen molar-refractivity contribution < 1.29 is 4.79 Å². The third-order valence-corrected chi connectivity index (χ3v) is 3.73. The summed E-state index contributed by atoms with van der Waals surface area (Å²) in [5.74, 6) is 0.880. The first-order valence-electron chi connectivity index (χ1n) is 7.46. The zero-order valence-electron chi connectivity index (χ0n) is 12.0. The number of likely N-dealkylation sites (tertiary alicyclic amines) is 1. The highest BCUT2D eigenvalue weighted by molar-refractivity contribution is 5.77. The van der Waals surface area contributed by atoms with Crippen LogP contribution in [0.25, 0.3) is 0 Å². The monoisotopic (exact) mass is 255 g/mol. The largest absolute Gasteiger partial charge is 0.355 e. The minimum atomic E-state index is 0.134. The molecule has 1 amide bonds. The number of carbonyl (C=O) groups excluding carboxylic acids is 1. The van der Waals surface area contributed by atoms with Crippen LogP contribution in [0.2, 0.25) is 0 Å². The van der Waals surface area contributed by atoms with E-state index in [1.807, 2.05) is 0 Å². The van der Waals surface area contributed by atoms with Gasteiger partial charge in [-0.1, -0.05) is 20.3 Å². The first-order chi connectivity index (χ1) is 8.76. The van der Waals surface area contributed by atoms with Crippen LogP contribution >= 0.6 is 0 Å². The maximum absolute atomic E-state index is 11.5. The summed E-state index contributed by atoms with van der Waals surface area (Å²) in [4.78, 5) is 14.0. The van der Waals surface area contributed by atoms with Crippen LogP contribution in [0.3, 0.4) is 0 Å². The molecule has 0 unspecified atom stereocenters. The van der Waals surface area contributed by atoms with Gasteiger partial charge in [0.05, 0.1) is 6.54 Å². The molecule has 0 aliphatic carbocycles. The molecule has 18 heavy (non-hydrogen) atoms. The Hall–Kier alpha value is -0.610. The van der Waals surface area contributed by atoms with Crippen LogP contribution in [0, 0.1) is 5.92 Å². The highest BCUT2D eigenvalue weighted by atomic mass is 16.1. The third kappa shape index (κ3) is 6.36. The maximum atomic E-state index is 11.5. The SMILES string of the molecule is CCCCNC(=O)CNCC1CCN(CC)CC1. The van der Waals surface area contributed by atoms with Gasteiger partial charge in [-0.25, -0.2) is 0 Å². The molecule has 0 spiro atoms. The molecule has 0 bridgehead atoms. The van der Waals surface area contributed by atoms with E-state index in [0.717, 1.165) is 31.8 Å². The molecule has 1 aliphatic rings. The number of unbranched alkanes of at least 4 members (excludes halogenated alkanes) is 1. The zero-order valence-corrected chi connectivity index (χ0v) is 12.0. The Morgan fingerprint density at radius 3 is 2.61 bits per heavy atom. The van der Waals surface area contributed by atoms with E-state index in [0.29, 0.717) is 6.54 Å². The van der Waals surface area contributed by atoms with Crippen molar-refractivity contribution in [2.75, 3.05) is 39.3 Å². The number of nitrogens with zero attached hydrogens (tertiary/aromatic N) is 1. The molecule has 4 heteroatoms. The topological polar surface area (TPSA) is 44.4 Å². The fourth-order valence-corrected chi connectivity index (χ4v) is 2.36. The Morgan fingerprint density at radius 2 is 2.00 bits per heavy atom. The van der Waals surface area contributed by atoms with Crippen LogP contribution in [-0.4, -0.2) is 50.1 Å². The van der Waals surface area contributed by atoms with Gasteiger partial charge in [-0.2, -0.15) is 0 Å². The van der Waals surface area contributed by atoms with Crippen LogP contribution in [-0.2, 0) is 4.79 Å². The van der Waals surface area contributed by atoms with Crippen molar-refractivity contribution in [3.63, 3.8) is 0 Å². The average Bonchev–Trinajstić information content (AvgIpc) is 2.40. The van der Waals surface area contributed by atoms with Gasteiger partial charge in [0.15, 0.2) is 0 Å². The predicted octanol–water partition coefficient (Wildman–Crippen LogP) is 1.22. The molecular weight excluding hydrogens is 226 g/mol. The van der Waals surface area contributed by atoms with E-state index in [1.165, 1.54) is 32.5 Å². The zero-order chi connectivity index (χ0) is 13.2. The number of hydrogen-bond donors (Lipinski definition) is 2. The molecule has 0 aromatic heterocycles. The summed E-state index contributed by atoms with van der Waals surface area (Å²) in [6.45, 7) is 10.2. The van der Waals surface area contributed by atoms with Gasteiger partial charge in [0.25, 0.3) is 0 Å². The van der Waals surface area contributed by atoms with E-state index in [4.69, 9.17) is 0 Å². The Morgan fingerprint density at radius 1 is 1.28 bits per heavy atom. The lowest BCUT2D eigenvalue weighted by Gasteiger charge is -2.31. The molecular formula is C14H29N3O. The summed E-state index contributed by atoms with van der Waals surface area (Å²) in [7, 11) is 0. The summed E-state index contributed by atoms with van der Waals surface area (Å²) in [5.41, 5.74) is 0. The molecule has 0 aromatic carbocycles. The molecule has 1 heterocycles. The van der Waals surface area contributed by atoms with Crippen LogP contribution in [0.15, 0.2) is 0 Å². The Kier molecular flexibility index (Phi) is 8.01. The van der Waals surface area contributed by atoms with Crippen molar-refractivity contribution in [2.24, 2.45) is 5.92 Å². The summed E-state index contributed by atoms with van der Waals surface area (Å²) in [5, 5.41) is 6.21. The molecule has 1 fully saturated rings. The van der Waals surface area contributed by atoms with Gasteiger partial charge in [-0.05, 0) is 51.4 Å². The highest BCUT2D eigenvalue weighted by Crippen LogP contribution is 2.15. The number of nitrogens with one attached hydrogen (secondary N) is 2. The predicted molar refractivity (Wildman–Crippen MR) is 75.6 cm³/mol. The van der Waals surface area contributed by atoms with Gasteiger partial charge < -0.3 is 15.5 Å². The number of amides is 1. The molecule has 1 saturated heterocycles. The van der Waals surface area contributed by atoms with Crippen molar-refractivity contribution >= 4 is 5.91 Å². The van der Waals surface area contributed by atoms with Crippen LogP contribution in [0.5, 0.6) is 0 Å².